The number of sulfonamides is 1. The Bertz CT molecular complexity index is 868. The van der Waals surface area contributed by atoms with Gasteiger partial charge in [-0.3, -0.25) is 0 Å². The summed E-state index contributed by atoms with van der Waals surface area (Å²) in [4.78, 5) is 15.1. The van der Waals surface area contributed by atoms with Gasteiger partial charge < -0.3 is 25.2 Å². The molecule has 2 atom stereocenters. The summed E-state index contributed by atoms with van der Waals surface area (Å²) in [5.41, 5.74) is -0.463. The number of fused-ring (bicyclic) bond motifs is 1. The number of aromatic nitrogens is 1. The molecule has 0 saturated carbocycles. The Balaban J connectivity index is 1.44. The molecule has 2 unspecified atom stereocenters. The number of pyridine rings is 1. The lowest BCUT2D eigenvalue weighted by atomic mass is 9.88. The van der Waals surface area contributed by atoms with Crippen molar-refractivity contribution in [3.63, 3.8) is 0 Å². The molecule has 1 spiro atoms. The fourth-order valence-corrected chi connectivity index (χ4v) is 5.44. The standard InChI is InChI=1S/C17H24N4O6S/c1-11-8-18-15-14(27-11)6-13(9-19-15)28(24,25)21-4-2-17(3-5-21)7-12(10-26-17)20-16(22)23/h6,9,11-12,20H,2-5,7-8,10H2,1H3,(H,18,19)(H,22,23). The first-order chi connectivity index (χ1) is 13.3. The first-order valence-corrected chi connectivity index (χ1v) is 10.8. The maximum Gasteiger partial charge on any atom is 0.404 e. The molecule has 28 heavy (non-hydrogen) atoms. The third-order valence-electron chi connectivity index (χ3n) is 5.52. The largest absolute Gasteiger partial charge is 0.485 e. The van der Waals surface area contributed by atoms with Crippen LogP contribution in [0.15, 0.2) is 17.2 Å². The van der Waals surface area contributed by atoms with Gasteiger partial charge in [0.2, 0.25) is 10.0 Å². The fourth-order valence-electron chi connectivity index (χ4n) is 4.03. The second kappa shape index (κ2) is 7.05. The Labute approximate surface area is 163 Å². The minimum atomic E-state index is -3.69. The molecule has 1 amide bonds. The number of anilines is 1. The normalized spacial score (nSPS) is 26.9. The lowest BCUT2D eigenvalue weighted by Gasteiger charge is -2.38. The number of carbonyl (C=O) groups is 1. The number of hydrogen-bond donors (Lipinski definition) is 3. The van der Waals surface area contributed by atoms with Crippen molar-refractivity contribution in [2.24, 2.45) is 0 Å². The third kappa shape index (κ3) is 3.61. The second-order valence-corrected chi connectivity index (χ2v) is 9.51. The van der Waals surface area contributed by atoms with Gasteiger partial charge in [-0.25, -0.2) is 18.2 Å². The molecule has 1 aromatic rings. The van der Waals surface area contributed by atoms with Crippen LogP contribution in [0.3, 0.4) is 0 Å². The first kappa shape index (κ1) is 19.2. The van der Waals surface area contributed by atoms with Gasteiger partial charge in [0.1, 0.15) is 11.0 Å². The van der Waals surface area contributed by atoms with Gasteiger partial charge in [-0.15, -0.1) is 0 Å². The topological polar surface area (TPSA) is 130 Å². The number of nitrogens with one attached hydrogen (secondary N) is 2. The van der Waals surface area contributed by atoms with Crippen LogP contribution in [0.5, 0.6) is 5.75 Å². The summed E-state index contributed by atoms with van der Waals surface area (Å²) >= 11 is 0. The van der Waals surface area contributed by atoms with Gasteiger partial charge in [0.15, 0.2) is 11.6 Å². The molecular weight excluding hydrogens is 388 g/mol. The number of nitrogens with zero attached hydrogens (tertiary/aromatic N) is 2. The van der Waals surface area contributed by atoms with Crippen LogP contribution in [0.25, 0.3) is 0 Å². The van der Waals surface area contributed by atoms with Crippen molar-refractivity contribution in [3.05, 3.63) is 12.3 Å². The predicted molar refractivity (Wildman–Crippen MR) is 99.1 cm³/mol. The predicted octanol–water partition coefficient (Wildman–Crippen LogP) is 0.854. The van der Waals surface area contributed by atoms with Crippen molar-refractivity contribution >= 4 is 21.9 Å². The Hall–Kier alpha value is -2.11. The van der Waals surface area contributed by atoms with Gasteiger partial charge >= 0.3 is 6.09 Å². The van der Waals surface area contributed by atoms with Crippen LogP contribution in [0.1, 0.15) is 26.2 Å². The number of ether oxygens (including phenoxy) is 2. The lowest BCUT2D eigenvalue weighted by molar-refractivity contribution is -0.0311. The quantitative estimate of drug-likeness (QED) is 0.666. The van der Waals surface area contributed by atoms with Crippen LogP contribution in [-0.2, 0) is 14.8 Å². The van der Waals surface area contributed by atoms with E-state index >= 15 is 0 Å². The fraction of sp³-hybridized carbons (Fsp3) is 0.647. The molecule has 3 N–H and O–H groups in total. The number of rotatable bonds is 3. The molecule has 11 heteroatoms. The molecule has 10 nitrogen and oxygen atoms in total. The number of piperidine rings is 1. The summed E-state index contributed by atoms with van der Waals surface area (Å²) < 4.78 is 39.1. The summed E-state index contributed by atoms with van der Waals surface area (Å²) in [7, 11) is -3.69. The number of amides is 1. The monoisotopic (exact) mass is 412 g/mol. The van der Waals surface area contributed by atoms with E-state index in [1.807, 2.05) is 6.92 Å². The Morgan fingerprint density at radius 2 is 2.18 bits per heavy atom. The van der Waals surface area contributed by atoms with Crippen molar-refractivity contribution in [2.45, 2.75) is 48.8 Å². The summed E-state index contributed by atoms with van der Waals surface area (Å²) in [5.74, 6) is 0.987. The summed E-state index contributed by atoms with van der Waals surface area (Å²) in [6.45, 7) is 3.47. The van der Waals surface area contributed by atoms with Crippen molar-refractivity contribution in [3.8, 4) is 5.75 Å². The summed E-state index contributed by atoms with van der Waals surface area (Å²) in [6, 6.07) is 1.26. The van der Waals surface area contributed by atoms with E-state index in [0.29, 0.717) is 57.1 Å². The van der Waals surface area contributed by atoms with E-state index in [1.54, 1.807) is 0 Å². The molecule has 4 rings (SSSR count). The zero-order chi connectivity index (χ0) is 19.9. The Morgan fingerprint density at radius 3 is 2.89 bits per heavy atom. The Kier molecular flexibility index (Phi) is 4.84. The molecule has 0 bridgehead atoms. The summed E-state index contributed by atoms with van der Waals surface area (Å²) in [5, 5.41) is 14.4. The number of carboxylic acid groups (broad SMARTS) is 1. The van der Waals surface area contributed by atoms with Crippen LogP contribution in [0, 0.1) is 0 Å². The van der Waals surface area contributed by atoms with Crippen molar-refractivity contribution in [1.29, 1.82) is 0 Å². The van der Waals surface area contributed by atoms with Gasteiger partial charge in [-0.05, 0) is 26.2 Å². The van der Waals surface area contributed by atoms with Gasteiger partial charge in [-0.2, -0.15) is 4.31 Å². The van der Waals surface area contributed by atoms with E-state index in [-0.39, 0.29) is 17.0 Å². The molecule has 0 aliphatic carbocycles. The highest BCUT2D eigenvalue weighted by molar-refractivity contribution is 7.89. The maximum absolute atomic E-state index is 13.0. The van der Waals surface area contributed by atoms with Crippen LogP contribution in [0.4, 0.5) is 10.6 Å². The first-order valence-electron chi connectivity index (χ1n) is 9.32. The molecule has 0 aromatic carbocycles. The van der Waals surface area contributed by atoms with E-state index < -0.39 is 21.7 Å². The van der Waals surface area contributed by atoms with Crippen LogP contribution in [0.2, 0.25) is 0 Å². The zero-order valence-corrected chi connectivity index (χ0v) is 16.4. The van der Waals surface area contributed by atoms with Gasteiger partial charge in [-0.1, -0.05) is 0 Å². The smallest absolute Gasteiger partial charge is 0.404 e. The van der Waals surface area contributed by atoms with Crippen LogP contribution in [-0.4, -0.2) is 72.9 Å². The van der Waals surface area contributed by atoms with Crippen molar-refractivity contribution in [2.75, 3.05) is 31.6 Å². The maximum atomic E-state index is 13.0. The molecule has 1 aromatic heterocycles. The lowest BCUT2D eigenvalue weighted by Crippen LogP contribution is -2.47. The molecule has 2 fully saturated rings. The second-order valence-electron chi connectivity index (χ2n) is 7.58. The molecule has 154 valence electrons. The van der Waals surface area contributed by atoms with Crippen LogP contribution >= 0.6 is 0 Å². The highest BCUT2D eigenvalue weighted by atomic mass is 32.2. The van der Waals surface area contributed by atoms with E-state index in [9.17, 15) is 13.2 Å². The highest BCUT2D eigenvalue weighted by Gasteiger charge is 2.45. The molecule has 4 heterocycles. The van der Waals surface area contributed by atoms with Gasteiger partial charge in [0.05, 0.1) is 24.8 Å². The van der Waals surface area contributed by atoms with Gasteiger partial charge in [0, 0.05) is 25.4 Å². The van der Waals surface area contributed by atoms with E-state index in [2.05, 4.69) is 15.6 Å². The molecule has 3 aliphatic heterocycles. The van der Waals surface area contributed by atoms with E-state index in [0.717, 1.165) is 0 Å². The number of hydrogen-bond acceptors (Lipinski definition) is 7. The van der Waals surface area contributed by atoms with E-state index in [4.69, 9.17) is 14.6 Å². The molecule has 0 radical (unpaired) electrons. The van der Waals surface area contributed by atoms with Crippen LogP contribution < -0.4 is 15.4 Å². The SMILES string of the molecule is CC1CNc2ncc(S(=O)(=O)N3CCC4(CC3)CC(NC(=O)O)CO4)cc2O1. The third-order valence-corrected chi connectivity index (χ3v) is 7.38. The molecule has 2 saturated heterocycles. The average Bonchev–Trinajstić information content (AvgIpc) is 3.02. The molecular formula is C17H24N4O6S. The molecule has 3 aliphatic rings. The highest BCUT2D eigenvalue weighted by Crippen LogP contribution is 2.38. The van der Waals surface area contributed by atoms with E-state index in [1.165, 1.54) is 16.6 Å². The van der Waals surface area contributed by atoms with Crippen molar-refractivity contribution in [1.82, 2.24) is 14.6 Å². The zero-order valence-electron chi connectivity index (χ0n) is 15.6. The average molecular weight is 412 g/mol. The summed E-state index contributed by atoms with van der Waals surface area (Å²) in [6.07, 6.45) is 1.83. The Morgan fingerprint density at radius 1 is 1.43 bits per heavy atom. The minimum absolute atomic E-state index is 0.0611. The minimum Gasteiger partial charge on any atom is -0.485 e. The van der Waals surface area contributed by atoms with Crippen molar-refractivity contribution < 1.29 is 27.8 Å². The van der Waals surface area contributed by atoms with Gasteiger partial charge in [0.25, 0.3) is 0 Å².